The predicted molar refractivity (Wildman–Crippen MR) is 182 cm³/mol. The number of hydrogen-bond donors (Lipinski definition) is 2. The number of carbonyl (C=O) groups excluding carboxylic acids is 2. The van der Waals surface area contributed by atoms with Crippen LogP contribution in [0.15, 0.2) is 0 Å². The Labute approximate surface area is 298 Å². The molecular formula is C40H62N2O8. The molecule has 12 fully saturated rings. The van der Waals surface area contributed by atoms with Gasteiger partial charge in [0.2, 0.25) is 35.0 Å². The molecule has 8 bridgehead atoms. The lowest BCUT2D eigenvalue weighted by Crippen LogP contribution is -2.59. The van der Waals surface area contributed by atoms with Gasteiger partial charge in [0, 0.05) is 75.3 Å². The first-order valence-electron chi connectivity index (χ1n) is 20.9. The van der Waals surface area contributed by atoms with Crippen molar-refractivity contribution in [2.75, 3.05) is 13.1 Å². The molecule has 0 aromatic heterocycles. The van der Waals surface area contributed by atoms with Crippen molar-refractivity contribution in [2.24, 2.45) is 59.2 Å². The molecule has 10 saturated carbocycles. The van der Waals surface area contributed by atoms with Gasteiger partial charge in [-0.3, -0.25) is 9.59 Å². The maximum Gasteiger partial charge on any atom is 0.220 e. The Morgan fingerprint density at radius 2 is 0.960 bits per heavy atom. The summed E-state index contributed by atoms with van der Waals surface area (Å²) in [5, 5.41) is 5.94. The molecule has 2 N–H and O–H groups in total. The highest BCUT2D eigenvalue weighted by atomic mass is 17.3. The van der Waals surface area contributed by atoms with E-state index in [1.54, 1.807) is 0 Å². The van der Waals surface area contributed by atoms with Crippen molar-refractivity contribution in [3.8, 4) is 0 Å². The molecule has 4 spiro atoms. The van der Waals surface area contributed by atoms with E-state index >= 15 is 0 Å². The van der Waals surface area contributed by atoms with Gasteiger partial charge in [-0.25, -0.2) is 0 Å². The molecule has 280 valence electrons. The van der Waals surface area contributed by atoms with E-state index < -0.39 is 23.1 Å². The van der Waals surface area contributed by atoms with Gasteiger partial charge in [0.25, 0.3) is 0 Å². The van der Waals surface area contributed by atoms with Crippen molar-refractivity contribution in [2.45, 2.75) is 165 Å². The lowest BCUT2D eigenvalue weighted by atomic mass is 9.53. The lowest BCUT2D eigenvalue weighted by Gasteiger charge is -2.57. The molecule has 12 rings (SSSR count). The molecule has 0 aromatic carbocycles. The third-order valence-corrected chi connectivity index (χ3v) is 15.4. The van der Waals surface area contributed by atoms with E-state index in [1.807, 2.05) is 13.8 Å². The normalized spacial score (nSPS) is 50.7. The highest BCUT2D eigenvalue weighted by Gasteiger charge is 2.68. The van der Waals surface area contributed by atoms with E-state index in [2.05, 4.69) is 10.6 Å². The smallest absolute Gasteiger partial charge is 0.220 e. The number of rotatable bonds is 6. The van der Waals surface area contributed by atoms with E-state index in [1.165, 1.54) is 64.2 Å². The van der Waals surface area contributed by atoms with Gasteiger partial charge < -0.3 is 20.1 Å². The van der Waals surface area contributed by atoms with Crippen LogP contribution in [0.2, 0.25) is 0 Å². The summed E-state index contributed by atoms with van der Waals surface area (Å²) >= 11 is 0. The Hall–Kier alpha value is -1.30. The average Bonchev–Trinajstić information content (AvgIpc) is 3.67. The monoisotopic (exact) mass is 698 g/mol. The van der Waals surface area contributed by atoms with Crippen LogP contribution in [0.3, 0.4) is 0 Å². The van der Waals surface area contributed by atoms with Gasteiger partial charge in [-0.2, -0.15) is 19.6 Å². The summed E-state index contributed by atoms with van der Waals surface area (Å²) in [6.45, 7) is 5.36. The summed E-state index contributed by atoms with van der Waals surface area (Å²) in [5.41, 5.74) is 0. The van der Waals surface area contributed by atoms with Crippen molar-refractivity contribution in [1.29, 1.82) is 0 Å². The number of nitrogens with one attached hydrogen (secondary N) is 2. The molecule has 50 heavy (non-hydrogen) atoms. The van der Waals surface area contributed by atoms with Crippen LogP contribution in [0.1, 0.15) is 142 Å². The SMILES string of the molecule is CCC(=O)NCC1CCC2(CC1)OOC1(O2)C2CC3CC(C2)CC1C3.CCNC(=O)CC1CCC2(CC1)OOC1(O2)C2CC3CC(C2)CC1C3. The van der Waals surface area contributed by atoms with E-state index in [0.717, 1.165) is 81.6 Å². The summed E-state index contributed by atoms with van der Waals surface area (Å²) < 4.78 is 13.4. The van der Waals surface area contributed by atoms with Crippen molar-refractivity contribution in [3.05, 3.63) is 0 Å². The van der Waals surface area contributed by atoms with Crippen LogP contribution >= 0.6 is 0 Å². The van der Waals surface area contributed by atoms with Crippen molar-refractivity contribution in [1.82, 2.24) is 10.6 Å². The highest BCUT2D eigenvalue weighted by Crippen LogP contribution is 2.65. The Balaban J connectivity index is 0.000000135. The number of hydrogen-bond acceptors (Lipinski definition) is 8. The van der Waals surface area contributed by atoms with Crippen LogP contribution in [0.5, 0.6) is 0 Å². The molecule has 2 saturated heterocycles. The molecule has 2 heterocycles. The molecule has 0 radical (unpaired) electrons. The van der Waals surface area contributed by atoms with Gasteiger partial charge in [0.1, 0.15) is 0 Å². The van der Waals surface area contributed by atoms with Crippen LogP contribution in [-0.4, -0.2) is 48.1 Å². The molecule has 0 atom stereocenters. The van der Waals surface area contributed by atoms with E-state index in [9.17, 15) is 9.59 Å². The summed E-state index contributed by atoms with van der Waals surface area (Å²) in [7, 11) is 0. The van der Waals surface area contributed by atoms with Crippen molar-refractivity contribution >= 4 is 11.8 Å². The van der Waals surface area contributed by atoms with Crippen molar-refractivity contribution in [3.63, 3.8) is 0 Å². The second-order valence-electron chi connectivity index (χ2n) is 18.6. The van der Waals surface area contributed by atoms with Gasteiger partial charge in [0.15, 0.2) is 0 Å². The van der Waals surface area contributed by atoms with Crippen LogP contribution in [0.25, 0.3) is 0 Å². The van der Waals surface area contributed by atoms with Gasteiger partial charge in [0.05, 0.1) is 0 Å². The fraction of sp³-hybridized carbons (Fsp3) is 0.950. The number of carbonyl (C=O) groups is 2. The quantitative estimate of drug-likeness (QED) is 0.284. The maximum atomic E-state index is 11.8. The van der Waals surface area contributed by atoms with Gasteiger partial charge in [-0.15, -0.1) is 0 Å². The van der Waals surface area contributed by atoms with Crippen LogP contribution in [-0.2, 0) is 38.6 Å². The van der Waals surface area contributed by atoms with E-state index in [-0.39, 0.29) is 11.8 Å². The average molecular weight is 699 g/mol. The fourth-order valence-electron chi connectivity index (χ4n) is 13.1. The summed E-state index contributed by atoms with van der Waals surface area (Å²) in [4.78, 5) is 47.3. The molecule has 12 aliphatic rings. The Bertz CT molecular complexity index is 1220. The molecule has 10 aliphatic carbocycles. The molecule has 10 heteroatoms. The maximum absolute atomic E-state index is 11.8. The minimum Gasteiger partial charge on any atom is -0.356 e. The van der Waals surface area contributed by atoms with Gasteiger partial charge in [-0.1, -0.05) is 6.92 Å². The molecular weight excluding hydrogens is 636 g/mol. The van der Waals surface area contributed by atoms with Crippen LogP contribution in [0.4, 0.5) is 0 Å². The molecule has 0 aromatic rings. The minimum atomic E-state index is -0.549. The molecule has 10 nitrogen and oxygen atoms in total. The second-order valence-corrected chi connectivity index (χ2v) is 18.6. The van der Waals surface area contributed by atoms with Crippen LogP contribution < -0.4 is 10.6 Å². The first-order valence-corrected chi connectivity index (χ1v) is 20.9. The Morgan fingerprint density at radius 3 is 1.36 bits per heavy atom. The summed E-state index contributed by atoms with van der Waals surface area (Å²) in [5.74, 6) is 5.00. The van der Waals surface area contributed by atoms with Gasteiger partial charge >= 0.3 is 0 Å². The number of ether oxygens (including phenoxy) is 2. The fourth-order valence-corrected chi connectivity index (χ4v) is 13.1. The highest BCUT2D eigenvalue weighted by molar-refractivity contribution is 5.76. The second kappa shape index (κ2) is 13.2. The standard InChI is InChI=1S/2C20H31NO4/c1-2-21-18(22)12-13-3-5-19(6-4-13)23-20(25-24-19)16-8-14-7-15(10-16)11-17(20)9-14;1-2-18(22)21-12-13-3-5-19(6-4-13)23-20(25-24-19)16-8-14-7-15(10-16)11-17(20)9-14/h2*13-17H,2-12H2,1H3,(H,21,22). The van der Waals surface area contributed by atoms with E-state index in [4.69, 9.17) is 29.0 Å². The molecule has 0 unspecified atom stereocenters. The third kappa shape index (κ3) is 6.08. The largest absolute Gasteiger partial charge is 0.356 e. The van der Waals surface area contributed by atoms with E-state index in [0.29, 0.717) is 54.9 Å². The third-order valence-electron chi connectivity index (χ3n) is 15.4. The lowest BCUT2D eigenvalue weighted by molar-refractivity contribution is -0.390. The zero-order valence-electron chi connectivity index (χ0n) is 30.6. The summed E-state index contributed by atoms with van der Waals surface area (Å²) in [6.07, 6.45) is 21.6. The molecule has 2 aliphatic heterocycles. The topological polar surface area (TPSA) is 114 Å². The Kier molecular flexibility index (Phi) is 9.11. The van der Waals surface area contributed by atoms with Crippen molar-refractivity contribution < 1.29 is 38.6 Å². The molecule has 2 amide bonds. The van der Waals surface area contributed by atoms with Gasteiger partial charge in [-0.05, 0) is 132 Å². The zero-order valence-corrected chi connectivity index (χ0v) is 30.6. The number of amides is 2. The summed E-state index contributed by atoms with van der Waals surface area (Å²) in [6, 6.07) is 0. The first-order chi connectivity index (χ1) is 24.2. The first kappa shape index (κ1) is 34.5. The Morgan fingerprint density at radius 1 is 0.540 bits per heavy atom. The predicted octanol–water partition coefficient (Wildman–Crippen LogP) is 7.06. The minimum absolute atomic E-state index is 0.143. The zero-order chi connectivity index (χ0) is 34.1. The van der Waals surface area contributed by atoms with Crippen LogP contribution in [0, 0.1) is 59.2 Å².